The van der Waals surface area contributed by atoms with Gasteiger partial charge in [-0.05, 0) is 18.9 Å². The Morgan fingerprint density at radius 1 is 1.38 bits per heavy atom. The zero-order valence-corrected chi connectivity index (χ0v) is 11.7. The van der Waals surface area contributed by atoms with Crippen LogP contribution in [0.15, 0.2) is 12.1 Å². The molecular weight excluding hydrogens is 291 g/mol. The van der Waals surface area contributed by atoms with E-state index in [1.807, 2.05) is 0 Å². The first-order valence-corrected chi connectivity index (χ1v) is 6.17. The van der Waals surface area contributed by atoms with Crippen molar-refractivity contribution >= 4 is 11.5 Å². The Morgan fingerprint density at radius 3 is 2.33 bits per heavy atom. The fraction of sp³-hybridized carbons (Fsp3) is 0.583. The maximum atomic E-state index is 12.6. The number of aliphatic hydroxyl groups excluding tert-OH is 1. The molecule has 0 saturated carbocycles. The van der Waals surface area contributed by atoms with Gasteiger partial charge in [-0.15, -0.1) is 0 Å². The highest BCUT2D eigenvalue weighted by Crippen LogP contribution is 2.28. The molecule has 1 aromatic rings. The number of hydrogen-bond acceptors (Lipinski definition) is 5. The molecule has 0 aliphatic heterocycles. The fourth-order valence-electron chi connectivity index (χ4n) is 1.81. The van der Waals surface area contributed by atoms with Crippen LogP contribution in [0.25, 0.3) is 0 Å². The third-order valence-corrected chi connectivity index (χ3v) is 2.96. The van der Waals surface area contributed by atoms with Gasteiger partial charge in [0.1, 0.15) is 11.5 Å². The highest BCUT2D eigenvalue weighted by atomic mass is 19.4. The molecule has 0 unspecified atom stereocenters. The van der Waals surface area contributed by atoms with Crippen LogP contribution in [0, 0.1) is 23.0 Å². The highest BCUT2D eigenvalue weighted by molar-refractivity contribution is 5.45. The molecule has 1 aromatic heterocycles. The van der Waals surface area contributed by atoms with Crippen LogP contribution >= 0.6 is 0 Å². The van der Waals surface area contributed by atoms with Gasteiger partial charge < -0.3 is 10.4 Å². The number of alkyl halides is 3. The number of aryl methyl sites for hydroxylation is 1. The summed E-state index contributed by atoms with van der Waals surface area (Å²) in [5.41, 5.74) is -0.146. The van der Waals surface area contributed by atoms with Crippen LogP contribution in [-0.2, 0) is 0 Å². The van der Waals surface area contributed by atoms with Crippen LogP contribution < -0.4 is 5.32 Å². The van der Waals surface area contributed by atoms with E-state index in [0.29, 0.717) is 0 Å². The summed E-state index contributed by atoms with van der Waals surface area (Å²) in [4.78, 5) is 13.9. The van der Waals surface area contributed by atoms with E-state index < -0.39 is 29.2 Å². The number of aromatic nitrogens is 1. The van der Waals surface area contributed by atoms with Crippen LogP contribution in [0.5, 0.6) is 0 Å². The number of aliphatic hydroxyl groups is 1. The van der Waals surface area contributed by atoms with E-state index in [-0.39, 0.29) is 17.2 Å². The molecule has 0 radical (unpaired) electrons. The van der Waals surface area contributed by atoms with Crippen molar-refractivity contribution < 1.29 is 23.2 Å². The first kappa shape index (κ1) is 17.2. The predicted molar refractivity (Wildman–Crippen MR) is 69.9 cm³/mol. The molecule has 1 heterocycles. The number of hydrogen-bond donors (Lipinski definition) is 2. The van der Waals surface area contributed by atoms with Crippen LogP contribution in [0.3, 0.4) is 0 Å². The Bertz CT molecular complexity index is 520. The zero-order valence-electron chi connectivity index (χ0n) is 11.7. The zero-order chi connectivity index (χ0) is 16.4. The van der Waals surface area contributed by atoms with Crippen molar-refractivity contribution in [3.05, 3.63) is 27.9 Å². The van der Waals surface area contributed by atoms with Gasteiger partial charge >= 0.3 is 6.18 Å². The second kappa shape index (κ2) is 6.25. The highest BCUT2D eigenvalue weighted by Gasteiger charge is 2.44. The fourth-order valence-corrected chi connectivity index (χ4v) is 1.81. The average Bonchev–Trinajstić information content (AvgIpc) is 2.33. The smallest absolute Gasteiger partial charge is 0.382 e. The van der Waals surface area contributed by atoms with Crippen LogP contribution in [0.1, 0.15) is 19.5 Å². The van der Waals surface area contributed by atoms with E-state index in [4.69, 9.17) is 0 Å². The minimum Gasteiger partial charge on any atom is -0.382 e. The summed E-state index contributed by atoms with van der Waals surface area (Å²) < 4.78 is 37.8. The molecule has 0 aliphatic rings. The number of pyridine rings is 1. The Hall–Kier alpha value is -1.90. The minimum atomic E-state index is -4.77. The largest absolute Gasteiger partial charge is 0.416 e. The quantitative estimate of drug-likeness (QED) is 0.645. The molecule has 0 aliphatic carbocycles. The van der Waals surface area contributed by atoms with Crippen molar-refractivity contribution in [3.63, 3.8) is 0 Å². The van der Waals surface area contributed by atoms with Gasteiger partial charge in [-0.1, -0.05) is 13.8 Å². The normalized spacial score (nSPS) is 14.9. The van der Waals surface area contributed by atoms with Crippen molar-refractivity contribution in [1.29, 1.82) is 0 Å². The molecule has 0 amide bonds. The van der Waals surface area contributed by atoms with Gasteiger partial charge in [0.05, 0.1) is 11.0 Å². The lowest BCUT2D eigenvalue weighted by Crippen LogP contribution is -2.47. The summed E-state index contributed by atoms with van der Waals surface area (Å²) in [7, 11) is 0. The second-order valence-corrected chi connectivity index (χ2v) is 4.96. The maximum absolute atomic E-state index is 12.6. The molecule has 0 saturated heterocycles. The van der Waals surface area contributed by atoms with Crippen LogP contribution in [0.4, 0.5) is 24.7 Å². The Kier molecular flexibility index (Phi) is 5.10. The van der Waals surface area contributed by atoms with E-state index >= 15 is 0 Å². The molecule has 0 fully saturated rings. The van der Waals surface area contributed by atoms with E-state index in [9.17, 15) is 28.4 Å². The number of nitro groups is 1. The van der Waals surface area contributed by atoms with E-state index in [2.05, 4.69) is 10.3 Å². The molecule has 2 atom stereocenters. The van der Waals surface area contributed by atoms with Crippen molar-refractivity contribution in [2.45, 2.75) is 39.1 Å². The average molecular weight is 307 g/mol. The molecular formula is C12H16F3N3O3. The van der Waals surface area contributed by atoms with Crippen LogP contribution in [0.2, 0.25) is 0 Å². The monoisotopic (exact) mass is 307 g/mol. The second-order valence-electron chi connectivity index (χ2n) is 4.96. The van der Waals surface area contributed by atoms with Gasteiger partial charge in [0.25, 0.3) is 5.69 Å². The summed E-state index contributed by atoms with van der Waals surface area (Å²) in [6, 6.07) is 1.06. The van der Waals surface area contributed by atoms with Crippen molar-refractivity contribution in [2.24, 2.45) is 5.92 Å². The summed E-state index contributed by atoms with van der Waals surface area (Å²) >= 11 is 0. The Labute approximate surface area is 119 Å². The van der Waals surface area contributed by atoms with E-state index in [1.54, 1.807) is 0 Å². The first-order chi connectivity index (χ1) is 9.54. The third-order valence-electron chi connectivity index (χ3n) is 2.96. The molecule has 1 rings (SSSR count). The molecule has 0 spiro atoms. The molecule has 2 N–H and O–H groups in total. The Morgan fingerprint density at radius 2 is 1.95 bits per heavy atom. The standard InChI is InChI=1S/C12H16F3N3O3/c1-6(2)10(11(19)12(13,14)15)17-9-5-4-8(18(20)21)7(3)16-9/h4-6,10-11,19H,1-3H3,(H,16,17)/t10-,11-/m0/s1. The van der Waals surface area contributed by atoms with Gasteiger partial charge in [0.2, 0.25) is 0 Å². The van der Waals surface area contributed by atoms with Gasteiger partial charge in [-0.25, -0.2) is 4.98 Å². The lowest BCUT2D eigenvalue weighted by molar-refractivity contribution is -0.385. The summed E-state index contributed by atoms with van der Waals surface area (Å²) in [6.45, 7) is 4.42. The topological polar surface area (TPSA) is 88.3 Å². The number of rotatable bonds is 5. The maximum Gasteiger partial charge on any atom is 0.416 e. The molecule has 118 valence electrons. The van der Waals surface area contributed by atoms with Gasteiger partial charge in [0.15, 0.2) is 6.10 Å². The predicted octanol–water partition coefficient (Wildman–Crippen LogP) is 2.66. The van der Waals surface area contributed by atoms with Gasteiger partial charge in [0, 0.05) is 6.07 Å². The van der Waals surface area contributed by atoms with E-state index in [0.717, 1.165) is 6.07 Å². The van der Waals surface area contributed by atoms with Crippen molar-refractivity contribution in [3.8, 4) is 0 Å². The first-order valence-electron chi connectivity index (χ1n) is 6.17. The third kappa shape index (κ3) is 4.28. The summed E-state index contributed by atoms with van der Waals surface area (Å²) in [5, 5.41) is 22.5. The number of anilines is 1. The van der Waals surface area contributed by atoms with Crippen LogP contribution in [-0.4, -0.2) is 33.3 Å². The lowest BCUT2D eigenvalue weighted by Gasteiger charge is -2.29. The minimum absolute atomic E-state index is 0.0418. The number of nitrogens with one attached hydrogen (secondary N) is 1. The van der Waals surface area contributed by atoms with Crippen molar-refractivity contribution in [1.82, 2.24) is 4.98 Å². The molecule has 6 nitrogen and oxygen atoms in total. The number of halogens is 3. The molecule has 0 aromatic carbocycles. The lowest BCUT2D eigenvalue weighted by atomic mass is 9.98. The number of nitrogens with zero attached hydrogens (tertiary/aromatic N) is 2. The molecule has 21 heavy (non-hydrogen) atoms. The Balaban J connectivity index is 3.00. The van der Waals surface area contributed by atoms with Crippen molar-refractivity contribution in [2.75, 3.05) is 5.32 Å². The summed E-state index contributed by atoms with van der Waals surface area (Å²) in [6.07, 6.45) is -7.33. The molecule has 9 heteroatoms. The molecule has 0 bridgehead atoms. The van der Waals surface area contributed by atoms with Gasteiger partial charge in [-0.2, -0.15) is 13.2 Å². The van der Waals surface area contributed by atoms with Gasteiger partial charge in [-0.3, -0.25) is 10.1 Å². The SMILES string of the molecule is Cc1nc(N[C@@H](C(C)C)[C@H](O)C(F)(F)F)ccc1[N+](=O)[O-]. The summed E-state index contributed by atoms with van der Waals surface area (Å²) in [5.74, 6) is -0.487. The van der Waals surface area contributed by atoms with E-state index in [1.165, 1.54) is 26.8 Å².